The molecule has 9 heteroatoms. The number of aromatic nitrogens is 1. The van der Waals surface area contributed by atoms with E-state index in [1.54, 1.807) is 24.3 Å². The van der Waals surface area contributed by atoms with E-state index in [0.717, 1.165) is 6.42 Å². The van der Waals surface area contributed by atoms with Gasteiger partial charge >= 0.3 is 0 Å². The number of hydrogen-bond donors (Lipinski definition) is 1. The number of para-hydroxylation sites is 1. The van der Waals surface area contributed by atoms with Crippen molar-refractivity contribution in [3.05, 3.63) is 41.6 Å². The van der Waals surface area contributed by atoms with Crippen LogP contribution in [0, 0.1) is 0 Å². The average molecular weight is 383 g/mol. The van der Waals surface area contributed by atoms with E-state index in [9.17, 15) is 27.5 Å². The van der Waals surface area contributed by atoms with Crippen LogP contribution in [0.1, 0.15) is 35.8 Å². The monoisotopic (exact) mass is 383 g/mol. The van der Waals surface area contributed by atoms with Crippen molar-refractivity contribution in [2.75, 3.05) is 0 Å². The Bertz CT molecular complexity index is 903. The number of amides is 1. The molecular formula is C18H17F4N3O2. The van der Waals surface area contributed by atoms with E-state index < -0.39 is 36.6 Å². The molecule has 2 aromatic rings. The average Bonchev–Trinajstić information content (AvgIpc) is 3.00. The zero-order chi connectivity index (χ0) is 19.8. The predicted molar refractivity (Wildman–Crippen MR) is 90.9 cm³/mol. The molecule has 1 amide bonds. The van der Waals surface area contributed by atoms with E-state index in [2.05, 4.69) is 10.1 Å². The van der Waals surface area contributed by atoms with Crippen LogP contribution in [-0.4, -0.2) is 45.3 Å². The number of aliphatic hydroxyl groups is 1. The van der Waals surface area contributed by atoms with Crippen LogP contribution in [0.25, 0.3) is 10.9 Å². The van der Waals surface area contributed by atoms with Crippen molar-refractivity contribution in [2.24, 2.45) is 5.10 Å². The lowest BCUT2D eigenvalue weighted by Gasteiger charge is -2.30. The standard InChI is InChI=1S/C18H17F4N3O2/c1-2-5-10-8-12(11-6-3-4-7-13(11)23-10)16(26)25-18(27,17(21)22)9-14(24-25)15(19)20/h3-4,6-8,15,17,27H,2,5,9H2,1H3/t18-/m0/s1. The molecule has 1 aromatic heterocycles. The quantitative estimate of drug-likeness (QED) is 0.803. The van der Waals surface area contributed by atoms with Gasteiger partial charge in [0.1, 0.15) is 5.71 Å². The number of hydrogen-bond acceptors (Lipinski definition) is 4. The lowest BCUT2D eigenvalue weighted by Crippen LogP contribution is -2.51. The molecule has 1 aliphatic heterocycles. The highest BCUT2D eigenvalue weighted by atomic mass is 19.3. The number of pyridine rings is 1. The summed E-state index contributed by atoms with van der Waals surface area (Å²) in [6.45, 7) is 1.91. The topological polar surface area (TPSA) is 65.8 Å². The van der Waals surface area contributed by atoms with Crippen molar-refractivity contribution >= 4 is 22.5 Å². The van der Waals surface area contributed by atoms with Crippen LogP contribution in [0.4, 0.5) is 17.6 Å². The van der Waals surface area contributed by atoms with Gasteiger partial charge in [0.15, 0.2) is 0 Å². The minimum atomic E-state index is -3.47. The van der Waals surface area contributed by atoms with Crippen molar-refractivity contribution in [1.82, 2.24) is 9.99 Å². The van der Waals surface area contributed by atoms with Crippen molar-refractivity contribution in [2.45, 2.75) is 44.8 Å². The fourth-order valence-corrected chi connectivity index (χ4v) is 3.01. The minimum Gasteiger partial charge on any atom is -0.364 e. The first-order valence-electron chi connectivity index (χ1n) is 8.37. The maximum atomic E-state index is 13.4. The highest BCUT2D eigenvalue weighted by Crippen LogP contribution is 2.35. The molecule has 1 atom stereocenters. The first kappa shape index (κ1) is 19.2. The van der Waals surface area contributed by atoms with Crippen LogP contribution in [0.5, 0.6) is 0 Å². The van der Waals surface area contributed by atoms with Gasteiger partial charge in [-0.05, 0) is 18.6 Å². The molecular weight excluding hydrogens is 366 g/mol. The lowest BCUT2D eigenvalue weighted by atomic mass is 10.0. The summed E-state index contributed by atoms with van der Waals surface area (Å²) in [7, 11) is 0. The van der Waals surface area contributed by atoms with E-state index in [-0.39, 0.29) is 10.6 Å². The third-order valence-corrected chi connectivity index (χ3v) is 4.34. The molecule has 0 aliphatic carbocycles. The summed E-state index contributed by atoms with van der Waals surface area (Å²) in [6, 6.07) is 7.99. The fraction of sp³-hybridized carbons (Fsp3) is 0.389. The maximum absolute atomic E-state index is 13.4. The van der Waals surface area contributed by atoms with E-state index in [1.807, 2.05) is 6.92 Å². The number of rotatable bonds is 5. The van der Waals surface area contributed by atoms with Gasteiger partial charge in [0.25, 0.3) is 18.8 Å². The van der Waals surface area contributed by atoms with E-state index in [0.29, 0.717) is 23.0 Å². The Morgan fingerprint density at radius 3 is 2.63 bits per heavy atom. The Balaban J connectivity index is 2.13. The maximum Gasteiger partial charge on any atom is 0.287 e. The summed E-state index contributed by atoms with van der Waals surface area (Å²) < 4.78 is 52.8. The van der Waals surface area contributed by atoms with Crippen molar-refractivity contribution < 1.29 is 27.5 Å². The largest absolute Gasteiger partial charge is 0.364 e. The van der Waals surface area contributed by atoms with E-state index in [4.69, 9.17) is 0 Å². The van der Waals surface area contributed by atoms with Gasteiger partial charge in [0, 0.05) is 17.5 Å². The number of alkyl halides is 4. The van der Waals surface area contributed by atoms with Crippen molar-refractivity contribution in [3.8, 4) is 0 Å². The molecule has 1 aliphatic rings. The van der Waals surface area contributed by atoms with Gasteiger partial charge in [-0.2, -0.15) is 10.1 Å². The molecule has 3 rings (SSSR count). The molecule has 0 radical (unpaired) electrons. The second-order valence-corrected chi connectivity index (χ2v) is 6.29. The number of nitrogens with zero attached hydrogens (tertiary/aromatic N) is 3. The number of fused-ring (bicyclic) bond motifs is 1. The molecule has 0 bridgehead atoms. The van der Waals surface area contributed by atoms with Crippen LogP contribution in [0.15, 0.2) is 35.4 Å². The Morgan fingerprint density at radius 1 is 1.30 bits per heavy atom. The van der Waals surface area contributed by atoms with Crippen LogP contribution >= 0.6 is 0 Å². The fourth-order valence-electron chi connectivity index (χ4n) is 3.01. The molecule has 144 valence electrons. The summed E-state index contributed by atoms with van der Waals surface area (Å²) in [4.78, 5) is 17.4. The molecule has 27 heavy (non-hydrogen) atoms. The molecule has 2 heterocycles. The normalized spacial score (nSPS) is 20.0. The smallest absolute Gasteiger partial charge is 0.287 e. The molecule has 0 unspecified atom stereocenters. The highest BCUT2D eigenvalue weighted by molar-refractivity contribution is 6.07. The van der Waals surface area contributed by atoms with Crippen LogP contribution in [0.2, 0.25) is 0 Å². The number of carbonyl (C=O) groups excluding carboxylic acids is 1. The summed E-state index contributed by atoms with van der Waals surface area (Å²) in [5.74, 6) is -1.08. The SMILES string of the molecule is CCCc1cc(C(=O)N2N=C(C(F)F)C[C@]2(O)C(F)F)c2ccccc2n1. The number of hydrazone groups is 1. The Kier molecular flexibility index (Phi) is 5.14. The third kappa shape index (κ3) is 3.39. The van der Waals surface area contributed by atoms with Gasteiger partial charge in [-0.3, -0.25) is 9.78 Å². The van der Waals surface area contributed by atoms with Gasteiger partial charge < -0.3 is 5.11 Å². The zero-order valence-corrected chi connectivity index (χ0v) is 14.4. The van der Waals surface area contributed by atoms with E-state index >= 15 is 0 Å². The second kappa shape index (κ2) is 7.22. The summed E-state index contributed by atoms with van der Waals surface area (Å²) in [6.07, 6.45) is -6.46. The lowest BCUT2D eigenvalue weighted by molar-refractivity contribution is -0.164. The second-order valence-electron chi connectivity index (χ2n) is 6.29. The van der Waals surface area contributed by atoms with Gasteiger partial charge in [-0.15, -0.1) is 0 Å². The number of aryl methyl sites for hydroxylation is 1. The molecule has 5 nitrogen and oxygen atoms in total. The molecule has 1 N–H and O–H groups in total. The molecule has 1 aromatic carbocycles. The van der Waals surface area contributed by atoms with Crippen LogP contribution in [0.3, 0.4) is 0 Å². The van der Waals surface area contributed by atoms with Crippen LogP contribution < -0.4 is 0 Å². The zero-order valence-electron chi connectivity index (χ0n) is 14.4. The Morgan fingerprint density at radius 2 is 2.00 bits per heavy atom. The molecule has 0 spiro atoms. The number of benzene rings is 1. The van der Waals surface area contributed by atoms with Gasteiger partial charge in [-0.25, -0.2) is 17.6 Å². The van der Waals surface area contributed by atoms with Gasteiger partial charge in [0.05, 0.1) is 11.1 Å². The van der Waals surface area contributed by atoms with Gasteiger partial charge in [-0.1, -0.05) is 31.5 Å². The molecule has 0 saturated heterocycles. The minimum absolute atomic E-state index is 0.0256. The first-order valence-corrected chi connectivity index (χ1v) is 8.37. The highest BCUT2D eigenvalue weighted by Gasteiger charge is 2.53. The molecule has 0 fully saturated rings. The number of carbonyl (C=O) groups is 1. The van der Waals surface area contributed by atoms with Crippen molar-refractivity contribution in [3.63, 3.8) is 0 Å². The summed E-state index contributed by atoms with van der Waals surface area (Å²) >= 11 is 0. The predicted octanol–water partition coefficient (Wildman–Crippen LogP) is 3.61. The third-order valence-electron chi connectivity index (χ3n) is 4.34. The van der Waals surface area contributed by atoms with Crippen molar-refractivity contribution in [1.29, 1.82) is 0 Å². The Labute approximate surface area is 152 Å². The summed E-state index contributed by atoms with van der Waals surface area (Å²) in [5.41, 5.74) is -3.08. The first-order chi connectivity index (χ1) is 12.8. The van der Waals surface area contributed by atoms with Crippen LogP contribution in [-0.2, 0) is 6.42 Å². The summed E-state index contributed by atoms with van der Waals surface area (Å²) in [5, 5.41) is 14.0. The van der Waals surface area contributed by atoms with Gasteiger partial charge in [0.2, 0.25) is 5.72 Å². The Hall–Kier alpha value is -2.55. The number of halogens is 4. The molecule has 0 saturated carbocycles. The van der Waals surface area contributed by atoms with E-state index in [1.165, 1.54) is 6.07 Å².